The molecular formula is C29H24N4O2. The topological polar surface area (TPSA) is 75.6 Å². The molecule has 0 saturated carbocycles. The first-order valence-electron chi connectivity index (χ1n) is 11.6. The van der Waals surface area contributed by atoms with Crippen molar-refractivity contribution in [3.8, 4) is 11.4 Å². The molecule has 35 heavy (non-hydrogen) atoms. The van der Waals surface area contributed by atoms with Crippen LogP contribution >= 0.6 is 0 Å². The molecule has 2 heterocycles. The van der Waals surface area contributed by atoms with Crippen LogP contribution in [0.4, 0.5) is 0 Å². The fourth-order valence-corrected chi connectivity index (χ4v) is 5.06. The lowest BCUT2D eigenvalue weighted by molar-refractivity contribution is 0.813. The van der Waals surface area contributed by atoms with E-state index in [4.69, 9.17) is 0 Å². The van der Waals surface area contributed by atoms with Gasteiger partial charge < -0.3 is 0 Å². The largest absolute Gasteiger partial charge is 0.295 e. The molecule has 2 N–H and O–H groups in total. The van der Waals surface area contributed by atoms with Crippen LogP contribution in [0.25, 0.3) is 23.0 Å². The highest BCUT2D eigenvalue weighted by Gasteiger charge is 2.31. The fourth-order valence-electron chi connectivity index (χ4n) is 5.06. The van der Waals surface area contributed by atoms with Gasteiger partial charge in [-0.05, 0) is 54.8 Å². The van der Waals surface area contributed by atoms with Gasteiger partial charge in [0.15, 0.2) is 0 Å². The number of hydrogen-bond donors (Lipinski definition) is 2. The third-order valence-corrected chi connectivity index (χ3v) is 6.67. The molecule has 0 bridgehead atoms. The highest BCUT2D eigenvalue weighted by atomic mass is 16.1. The summed E-state index contributed by atoms with van der Waals surface area (Å²) < 4.78 is 3.17. The molecule has 0 amide bonds. The lowest BCUT2D eigenvalue weighted by atomic mass is 9.80. The molecule has 6 nitrogen and oxygen atoms in total. The molecule has 1 unspecified atom stereocenters. The van der Waals surface area contributed by atoms with Gasteiger partial charge in [-0.1, -0.05) is 66.7 Å². The van der Waals surface area contributed by atoms with Crippen molar-refractivity contribution in [3.63, 3.8) is 0 Å². The predicted molar refractivity (Wildman–Crippen MR) is 138 cm³/mol. The van der Waals surface area contributed by atoms with Crippen LogP contribution in [-0.2, 0) is 0 Å². The van der Waals surface area contributed by atoms with E-state index in [0.717, 1.165) is 39.5 Å². The summed E-state index contributed by atoms with van der Waals surface area (Å²) in [5.41, 5.74) is 6.25. The van der Waals surface area contributed by atoms with Crippen LogP contribution in [0, 0.1) is 6.92 Å². The average molecular weight is 461 g/mol. The van der Waals surface area contributed by atoms with Crippen LogP contribution in [0.2, 0.25) is 0 Å². The number of aromatic nitrogens is 4. The molecule has 3 aromatic carbocycles. The highest BCUT2D eigenvalue weighted by molar-refractivity contribution is 5.85. The molecule has 0 fully saturated rings. The summed E-state index contributed by atoms with van der Waals surface area (Å²) in [5.74, 6) is -0.168. The van der Waals surface area contributed by atoms with Crippen LogP contribution in [0.15, 0.2) is 101 Å². The van der Waals surface area contributed by atoms with E-state index in [0.29, 0.717) is 12.0 Å². The lowest BCUT2D eigenvalue weighted by Crippen LogP contribution is -2.22. The van der Waals surface area contributed by atoms with Crippen molar-refractivity contribution < 1.29 is 0 Å². The second-order valence-corrected chi connectivity index (χ2v) is 8.84. The van der Waals surface area contributed by atoms with Crippen LogP contribution in [-0.4, -0.2) is 19.6 Å². The zero-order valence-electron chi connectivity index (χ0n) is 19.2. The second kappa shape index (κ2) is 8.33. The van der Waals surface area contributed by atoms with Gasteiger partial charge in [0, 0.05) is 11.6 Å². The predicted octanol–water partition coefficient (Wildman–Crippen LogP) is 5.03. The minimum atomic E-state index is -0.168. The Morgan fingerprint density at radius 3 is 1.86 bits per heavy atom. The maximum atomic E-state index is 13.6. The second-order valence-electron chi connectivity index (χ2n) is 8.84. The van der Waals surface area contributed by atoms with Gasteiger partial charge in [-0.3, -0.25) is 19.8 Å². The number of allylic oxidation sites excluding steroid dienone is 1. The van der Waals surface area contributed by atoms with E-state index >= 15 is 0 Å². The zero-order chi connectivity index (χ0) is 23.9. The molecule has 0 saturated heterocycles. The monoisotopic (exact) mass is 460 g/mol. The van der Waals surface area contributed by atoms with Crippen LogP contribution in [0.5, 0.6) is 0 Å². The Balaban J connectivity index is 1.55. The normalized spacial score (nSPS) is 15.0. The quantitative estimate of drug-likeness (QED) is 0.395. The van der Waals surface area contributed by atoms with Crippen molar-refractivity contribution in [2.24, 2.45) is 0 Å². The van der Waals surface area contributed by atoms with E-state index in [2.05, 4.69) is 10.2 Å². The van der Waals surface area contributed by atoms with E-state index in [1.165, 1.54) is 0 Å². The van der Waals surface area contributed by atoms with Gasteiger partial charge in [-0.2, -0.15) is 0 Å². The number of rotatable bonds is 4. The molecular weight excluding hydrogens is 436 g/mol. The van der Waals surface area contributed by atoms with E-state index in [9.17, 15) is 9.59 Å². The van der Waals surface area contributed by atoms with E-state index in [-0.39, 0.29) is 17.0 Å². The first kappa shape index (κ1) is 21.0. The standard InChI is InChI=1S/C29H24N4O2/c1-19-26(28(34)32(30-19)22-13-7-3-8-14-22)21-17-24(20-11-5-2-6-12-20)27-25(18-21)31-33(29(27)35)23-15-9-4-10-16-23/h2-16,18,24,30-31H,17H2,1H3. The minimum Gasteiger partial charge on any atom is -0.295 e. The summed E-state index contributed by atoms with van der Waals surface area (Å²) in [5, 5.41) is 6.54. The van der Waals surface area contributed by atoms with Crippen molar-refractivity contribution in [1.29, 1.82) is 0 Å². The lowest BCUT2D eigenvalue weighted by Gasteiger charge is -2.22. The number of aryl methyl sites for hydroxylation is 1. The van der Waals surface area contributed by atoms with E-state index < -0.39 is 0 Å². The van der Waals surface area contributed by atoms with E-state index in [1.807, 2.05) is 104 Å². The Morgan fingerprint density at radius 1 is 0.714 bits per heavy atom. The van der Waals surface area contributed by atoms with Crippen LogP contribution in [0.3, 0.4) is 0 Å². The van der Waals surface area contributed by atoms with Gasteiger partial charge >= 0.3 is 0 Å². The highest BCUT2D eigenvalue weighted by Crippen LogP contribution is 2.40. The number of nitrogens with zero attached hydrogens (tertiary/aromatic N) is 2. The number of hydrogen-bond acceptors (Lipinski definition) is 2. The van der Waals surface area contributed by atoms with Crippen LogP contribution in [0.1, 0.15) is 40.4 Å². The summed E-state index contributed by atoms with van der Waals surface area (Å²) in [7, 11) is 0. The first-order chi connectivity index (χ1) is 17.1. The van der Waals surface area contributed by atoms with Crippen molar-refractivity contribution in [2.45, 2.75) is 19.3 Å². The number of para-hydroxylation sites is 2. The van der Waals surface area contributed by atoms with Crippen molar-refractivity contribution in [3.05, 3.63) is 140 Å². The Bertz CT molecular complexity index is 1650. The SMILES string of the molecule is Cc1[nH]n(-c2ccccc2)c(=O)c1C1=Cc2[nH]n(-c3ccccc3)c(=O)c2C(c2ccccc2)C1. The summed E-state index contributed by atoms with van der Waals surface area (Å²) in [6.45, 7) is 1.92. The number of aromatic amines is 2. The van der Waals surface area contributed by atoms with Gasteiger partial charge in [0.05, 0.1) is 28.2 Å². The zero-order valence-corrected chi connectivity index (χ0v) is 19.2. The Kier molecular flexibility index (Phi) is 4.99. The smallest absolute Gasteiger partial charge is 0.279 e. The number of nitrogens with one attached hydrogen (secondary N) is 2. The average Bonchev–Trinajstić information content (AvgIpc) is 3.40. The van der Waals surface area contributed by atoms with Gasteiger partial charge in [0.2, 0.25) is 0 Å². The molecule has 1 aliphatic carbocycles. The molecule has 5 aromatic rings. The van der Waals surface area contributed by atoms with E-state index in [1.54, 1.807) is 9.36 Å². The van der Waals surface area contributed by atoms with Crippen molar-refractivity contribution >= 4 is 11.6 Å². The molecule has 2 aromatic heterocycles. The third-order valence-electron chi connectivity index (χ3n) is 6.67. The number of H-pyrrole nitrogens is 2. The summed E-state index contributed by atoms with van der Waals surface area (Å²) in [6, 6.07) is 29.1. The van der Waals surface area contributed by atoms with Crippen molar-refractivity contribution in [1.82, 2.24) is 19.6 Å². The number of fused-ring (bicyclic) bond motifs is 1. The maximum Gasteiger partial charge on any atom is 0.279 e. The fraction of sp³-hybridized carbons (Fsp3) is 0.103. The summed E-state index contributed by atoms with van der Waals surface area (Å²) >= 11 is 0. The maximum absolute atomic E-state index is 13.6. The van der Waals surface area contributed by atoms with Gasteiger partial charge in [-0.15, -0.1) is 0 Å². The molecule has 1 atom stereocenters. The van der Waals surface area contributed by atoms with Gasteiger partial charge in [0.1, 0.15) is 0 Å². The Morgan fingerprint density at radius 2 is 1.26 bits per heavy atom. The van der Waals surface area contributed by atoms with Crippen molar-refractivity contribution in [2.75, 3.05) is 0 Å². The van der Waals surface area contributed by atoms with Crippen LogP contribution < -0.4 is 11.1 Å². The molecule has 6 rings (SSSR count). The number of benzene rings is 3. The van der Waals surface area contributed by atoms with Gasteiger partial charge in [-0.25, -0.2) is 9.36 Å². The molecule has 172 valence electrons. The Hall–Kier alpha value is -4.58. The molecule has 0 radical (unpaired) electrons. The molecule has 1 aliphatic rings. The third kappa shape index (κ3) is 3.51. The molecule has 0 spiro atoms. The first-order valence-corrected chi connectivity index (χ1v) is 11.6. The Labute approximate surface area is 201 Å². The summed E-state index contributed by atoms with van der Waals surface area (Å²) in [6.07, 6.45) is 2.52. The molecule has 0 aliphatic heterocycles. The molecule has 6 heteroatoms. The minimum absolute atomic E-state index is 0.0668. The summed E-state index contributed by atoms with van der Waals surface area (Å²) in [4.78, 5) is 27.1. The van der Waals surface area contributed by atoms with Gasteiger partial charge in [0.25, 0.3) is 11.1 Å².